The lowest BCUT2D eigenvalue weighted by Crippen LogP contribution is -2.33. The van der Waals surface area contributed by atoms with Crippen molar-refractivity contribution in [3.8, 4) is 5.75 Å². The third kappa shape index (κ3) is 3.59. The van der Waals surface area contributed by atoms with Crippen molar-refractivity contribution >= 4 is 5.91 Å². The van der Waals surface area contributed by atoms with Crippen molar-refractivity contribution in [2.75, 3.05) is 20.3 Å². The maximum atomic E-state index is 13.7. The molecule has 0 spiro atoms. The Morgan fingerprint density at radius 3 is 2.82 bits per heavy atom. The number of amides is 1. The molecule has 0 radical (unpaired) electrons. The molecule has 0 aliphatic heterocycles. The number of pyridine rings is 1. The third-order valence-corrected chi connectivity index (χ3v) is 3.21. The molecule has 1 N–H and O–H groups in total. The van der Waals surface area contributed by atoms with Gasteiger partial charge in [-0.1, -0.05) is 18.2 Å². The summed E-state index contributed by atoms with van der Waals surface area (Å²) < 4.78 is 19.0. The van der Waals surface area contributed by atoms with E-state index in [1.807, 2.05) is 18.2 Å². The Hall–Kier alpha value is -2.47. The highest BCUT2D eigenvalue weighted by Crippen LogP contribution is 2.20. The molecule has 0 bridgehead atoms. The van der Waals surface area contributed by atoms with E-state index in [4.69, 9.17) is 4.74 Å². The molecule has 1 aromatic carbocycles. The number of aromatic nitrogens is 1. The van der Waals surface area contributed by atoms with Crippen LogP contribution < -0.4 is 4.74 Å². The zero-order valence-corrected chi connectivity index (χ0v) is 12.2. The van der Waals surface area contributed by atoms with E-state index in [-0.39, 0.29) is 25.3 Å². The first-order chi connectivity index (χ1) is 10.7. The van der Waals surface area contributed by atoms with Gasteiger partial charge in [-0.25, -0.2) is 4.39 Å². The normalized spacial score (nSPS) is 10.3. The quantitative estimate of drug-likeness (QED) is 0.885. The van der Waals surface area contributed by atoms with Crippen molar-refractivity contribution in [2.24, 2.45) is 0 Å². The second-order valence-electron chi connectivity index (χ2n) is 4.62. The molecule has 2 rings (SSSR count). The smallest absolute Gasteiger partial charge is 0.257 e. The third-order valence-electron chi connectivity index (χ3n) is 3.21. The number of benzene rings is 1. The molecule has 0 saturated heterocycles. The van der Waals surface area contributed by atoms with E-state index >= 15 is 0 Å². The van der Waals surface area contributed by atoms with Crippen molar-refractivity contribution in [1.29, 1.82) is 0 Å². The van der Waals surface area contributed by atoms with Gasteiger partial charge in [-0.05, 0) is 12.1 Å². The van der Waals surface area contributed by atoms with Crippen LogP contribution in [0, 0.1) is 5.82 Å². The summed E-state index contributed by atoms with van der Waals surface area (Å²) >= 11 is 0. The highest BCUT2D eigenvalue weighted by molar-refractivity contribution is 5.94. The summed E-state index contributed by atoms with van der Waals surface area (Å²) in [6.45, 7) is 0.0946. The zero-order chi connectivity index (χ0) is 15.9. The van der Waals surface area contributed by atoms with Crippen LogP contribution in [-0.2, 0) is 6.54 Å². The van der Waals surface area contributed by atoms with E-state index in [1.54, 1.807) is 13.2 Å². The van der Waals surface area contributed by atoms with E-state index in [0.29, 0.717) is 5.75 Å². The minimum Gasteiger partial charge on any atom is -0.496 e. The topological polar surface area (TPSA) is 62.7 Å². The Morgan fingerprint density at radius 2 is 2.14 bits per heavy atom. The van der Waals surface area contributed by atoms with Gasteiger partial charge in [0, 0.05) is 24.8 Å². The van der Waals surface area contributed by atoms with Crippen LogP contribution in [0.5, 0.6) is 5.75 Å². The molecule has 6 heteroatoms. The number of ether oxygens (including phenoxy) is 1. The number of aliphatic hydroxyl groups is 1. The van der Waals surface area contributed by atoms with E-state index in [2.05, 4.69) is 4.98 Å². The summed E-state index contributed by atoms with van der Waals surface area (Å²) in [5, 5.41) is 9.18. The number of hydrogen-bond acceptors (Lipinski definition) is 4. The number of methoxy groups -OCH3 is 1. The van der Waals surface area contributed by atoms with Crippen LogP contribution in [0.1, 0.15) is 15.9 Å². The lowest BCUT2D eigenvalue weighted by molar-refractivity contribution is 0.0701. The first-order valence-corrected chi connectivity index (χ1v) is 6.79. The van der Waals surface area contributed by atoms with E-state index in [9.17, 15) is 14.3 Å². The molecule has 5 nitrogen and oxygen atoms in total. The Balaban J connectivity index is 2.26. The van der Waals surface area contributed by atoms with Crippen LogP contribution in [-0.4, -0.2) is 41.2 Å². The lowest BCUT2D eigenvalue weighted by Gasteiger charge is -2.23. The SMILES string of the molecule is COc1ccccc1CN(CCO)C(=O)c1ccncc1F. The van der Waals surface area contributed by atoms with E-state index in [1.165, 1.54) is 17.2 Å². The van der Waals surface area contributed by atoms with Gasteiger partial charge >= 0.3 is 0 Å². The molecule has 0 aliphatic carbocycles. The van der Waals surface area contributed by atoms with Crippen LogP contribution in [0.4, 0.5) is 4.39 Å². The maximum absolute atomic E-state index is 13.7. The van der Waals surface area contributed by atoms with Crippen molar-refractivity contribution in [1.82, 2.24) is 9.88 Å². The van der Waals surface area contributed by atoms with E-state index < -0.39 is 11.7 Å². The first kappa shape index (κ1) is 15.9. The lowest BCUT2D eigenvalue weighted by atomic mass is 10.1. The van der Waals surface area contributed by atoms with Crippen molar-refractivity contribution in [3.63, 3.8) is 0 Å². The molecule has 0 saturated carbocycles. The fourth-order valence-electron chi connectivity index (χ4n) is 2.13. The average molecular weight is 304 g/mol. The standard InChI is InChI=1S/C16H17FN2O3/c1-22-15-5-3-2-4-12(15)11-19(8-9-20)16(21)13-6-7-18-10-14(13)17/h2-7,10,20H,8-9,11H2,1H3. The van der Waals surface area contributed by atoms with Gasteiger partial charge in [-0.3, -0.25) is 9.78 Å². The molecule has 0 atom stereocenters. The molecular weight excluding hydrogens is 287 g/mol. The number of hydrogen-bond donors (Lipinski definition) is 1. The number of carbonyl (C=O) groups is 1. The van der Waals surface area contributed by atoms with Gasteiger partial charge < -0.3 is 14.7 Å². The van der Waals surface area contributed by atoms with Crippen LogP contribution >= 0.6 is 0 Å². The number of carbonyl (C=O) groups excluding carboxylic acids is 1. The number of halogens is 1. The van der Waals surface area contributed by atoms with Crippen molar-refractivity contribution in [3.05, 3.63) is 59.7 Å². The minimum absolute atomic E-state index is 0.0710. The molecule has 0 aliphatic rings. The second-order valence-corrected chi connectivity index (χ2v) is 4.62. The molecule has 2 aromatic rings. The van der Waals surface area contributed by atoms with Gasteiger partial charge in [0.2, 0.25) is 0 Å². The molecule has 0 unspecified atom stereocenters. The van der Waals surface area contributed by atoms with Gasteiger partial charge in [0.15, 0.2) is 5.82 Å². The summed E-state index contributed by atoms with van der Waals surface area (Å²) in [7, 11) is 1.54. The Morgan fingerprint density at radius 1 is 1.36 bits per heavy atom. The zero-order valence-electron chi connectivity index (χ0n) is 12.2. The molecule has 22 heavy (non-hydrogen) atoms. The van der Waals surface area contributed by atoms with Gasteiger partial charge in [0.25, 0.3) is 5.91 Å². The fourth-order valence-corrected chi connectivity index (χ4v) is 2.13. The number of para-hydroxylation sites is 1. The summed E-state index contributed by atoms with van der Waals surface area (Å²) in [5.41, 5.74) is 0.708. The summed E-state index contributed by atoms with van der Waals surface area (Å²) in [5.74, 6) is -0.552. The highest BCUT2D eigenvalue weighted by Gasteiger charge is 2.20. The number of aliphatic hydroxyl groups excluding tert-OH is 1. The fraction of sp³-hybridized carbons (Fsp3) is 0.250. The van der Waals surface area contributed by atoms with Crippen LogP contribution in [0.15, 0.2) is 42.7 Å². The number of nitrogens with zero attached hydrogens (tertiary/aromatic N) is 2. The highest BCUT2D eigenvalue weighted by atomic mass is 19.1. The summed E-state index contributed by atoms with van der Waals surface area (Å²) in [4.78, 5) is 17.5. The summed E-state index contributed by atoms with van der Waals surface area (Å²) in [6, 6.07) is 8.57. The molecule has 116 valence electrons. The van der Waals surface area contributed by atoms with Crippen molar-refractivity contribution in [2.45, 2.75) is 6.54 Å². The Bertz CT molecular complexity index is 649. The second kappa shape index (κ2) is 7.51. The maximum Gasteiger partial charge on any atom is 0.257 e. The van der Waals surface area contributed by atoms with Crippen LogP contribution in [0.25, 0.3) is 0 Å². The summed E-state index contributed by atoms with van der Waals surface area (Å²) in [6.07, 6.45) is 2.35. The average Bonchev–Trinajstić information content (AvgIpc) is 2.55. The molecular formula is C16H17FN2O3. The van der Waals surface area contributed by atoms with Crippen LogP contribution in [0.2, 0.25) is 0 Å². The van der Waals surface area contributed by atoms with Gasteiger partial charge in [-0.2, -0.15) is 0 Å². The predicted octanol–water partition coefficient (Wildman–Crippen LogP) is 1.86. The van der Waals surface area contributed by atoms with Gasteiger partial charge in [0.1, 0.15) is 5.75 Å². The molecule has 1 amide bonds. The van der Waals surface area contributed by atoms with Gasteiger partial charge in [-0.15, -0.1) is 0 Å². The Labute approximate surface area is 128 Å². The monoisotopic (exact) mass is 304 g/mol. The minimum atomic E-state index is -0.685. The van der Waals surface area contributed by atoms with Gasteiger partial charge in [0.05, 0.1) is 25.5 Å². The van der Waals surface area contributed by atoms with Crippen molar-refractivity contribution < 1.29 is 19.0 Å². The number of rotatable bonds is 6. The first-order valence-electron chi connectivity index (χ1n) is 6.79. The van der Waals surface area contributed by atoms with E-state index in [0.717, 1.165) is 11.8 Å². The molecule has 1 heterocycles. The largest absolute Gasteiger partial charge is 0.496 e. The molecule has 1 aromatic heterocycles. The molecule has 0 fully saturated rings. The Kier molecular flexibility index (Phi) is 5.43. The predicted molar refractivity (Wildman–Crippen MR) is 79.0 cm³/mol. The van der Waals surface area contributed by atoms with Crippen LogP contribution in [0.3, 0.4) is 0 Å².